The zero-order chi connectivity index (χ0) is 13.4. The standard InChI is InChI=1S/C13H13N3O3/c1-3-4-7-5-6-8(18-2)9-11(17)10-13(15-16-14-10)19-12(7)9/h5-6H,3-4H2,1-2H3,(H,14,15,16). The first-order valence-electron chi connectivity index (χ1n) is 6.09. The van der Waals surface area contributed by atoms with Gasteiger partial charge in [-0.1, -0.05) is 19.4 Å². The van der Waals surface area contributed by atoms with Crippen LogP contribution in [0.3, 0.4) is 0 Å². The van der Waals surface area contributed by atoms with E-state index in [2.05, 4.69) is 22.3 Å². The van der Waals surface area contributed by atoms with E-state index in [9.17, 15) is 4.79 Å². The van der Waals surface area contributed by atoms with E-state index in [0.717, 1.165) is 18.4 Å². The lowest BCUT2D eigenvalue weighted by atomic mass is 10.1. The number of nitrogens with zero attached hydrogens (tertiary/aromatic N) is 2. The molecule has 0 fully saturated rings. The van der Waals surface area contributed by atoms with Crippen molar-refractivity contribution in [2.45, 2.75) is 19.8 Å². The Bertz CT molecular complexity index is 804. The van der Waals surface area contributed by atoms with Gasteiger partial charge in [-0.05, 0) is 18.1 Å². The molecule has 6 heteroatoms. The van der Waals surface area contributed by atoms with Gasteiger partial charge in [0.1, 0.15) is 16.7 Å². The molecule has 0 saturated heterocycles. The van der Waals surface area contributed by atoms with E-state index in [1.807, 2.05) is 6.07 Å². The molecule has 0 amide bonds. The molecule has 0 aliphatic heterocycles. The maximum absolute atomic E-state index is 12.4. The van der Waals surface area contributed by atoms with Gasteiger partial charge in [0.25, 0.3) is 5.71 Å². The van der Waals surface area contributed by atoms with E-state index >= 15 is 0 Å². The van der Waals surface area contributed by atoms with Gasteiger partial charge in [0.2, 0.25) is 5.43 Å². The molecule has 0 atom stereocenters. The van der Waals surface area contributed by atoms with Crippen LogP contribution in [0.5, 0.6) is 5.75 Å². The minimum Gasteiger partial charge on any atom is -0.496 e. The number of ether oxygens (including phenoxy) is 1. The van der Waals surface area contributed by atoms with Gasteiger partial charge < -0.3 is 9.15 Å². The Morgan fingerprint density at radius 2 is 2.21 bits per heavy atom. The Hall–Kier alpha value is -2.37. The normalized spacial score (nSPS) is 11.3. The lowest BCUT2D eigenvalue weighted by Gasteiger charge is -2.07. The first kappa shape index (κ1) is 11.7. The highest BCUT2D eigenvalue weighted by Crippen LogP contribution is 2.28. The summed E-state index contributed by atoms with van der Waals surface area (Å²) in [6.45, 7) is 2.07. The highest BCUT2D eigenvalue weighted by molar-refractivity contribution is 5.92. The highest BCUT2D eigenvalue weighted by atomic mass is 16.5. The summed E-state index contributed by atoms with van der Waals surface area (Å²) in [7, 11) is 1.53. The minimum absolute atomic E-state index is 0.194. The van der Waals surface area contributed by atoms with Crippen LogP contribution in [0.1, 0.15) is 18.9 Å². The molecule has 3 rings (SSSR count). The van der Waals surface area contributed by atoms with Crippen LogP contribution in [0.4, 0.5) is 0 Å². The summed E-state index contributed by atoms with van der Waals surface area (Å²) in [5, 5.41) is 10.5. The Kier molecular flexibility index (Phi) is 2.70. The van der Waals surface area contributed by atoms with Crippen LogP contribution in [-0.2, 0) is 6.42 Å². The number of benzene rings is 1. The number of aryl methyl sites for hydroxylation is 1. The molecular formula is C13H13N3O3. The van der Waals surface area contributed by atoms with Crippen LogP contribution in [0, 0.1) is 0 Å². The van der Waals surface area contributed by atoms with Crippen LogP contribution in [-0.4, -0.2) is 22.5 Å². The third kappa shape index (κ3) is 1.68. The van der Waals surface area contributed by atoms with Gasteiger partial charge in [-0.25, -0.2) is 0 Å². The predicted molar refractivity (Wildman–Crippen MR) is 70.5 cm³/mol. The summed E-state index contributed by atoms with van der Waals surface area (Å²) in [5.74, 6) is 0.494. The average Bonchev–Trinajstić information content (AvgIpc) is 2.88. The summed E-state index contributed by atoms with van der Waals surface area (Å²) in [6.07, 6.45) is 1.79. The predicted octanol–water partition coefficient (Wildman–Crippen LogP) is 2.03. The lowest BCUT2D eigenvalue weighted by molar-refractivity contribution is 0.419. The number of nitrogens with one attached hydrogen (secondary N) is 1. The number of methoxy groups -OCH3 is 1. The molecule has 0 aliphatic carbocycles. The molecule has 0 saturated carbocycles. The van der Waals surface area contributed by atoms with Crippen LogP contribution >= 0.6 is 0 Å². The fourth-order valence-electron chi connectivity index (χ4n) is 2.23. The number of H-pyrrole nitrogens is 1. The maximum Gasteiger partial charge on any atom is 0.270 e. The Morgan fingerprint density at radius 3 is 2.95 bits per heavy atom. The molecule has 3 aromatic rings. The molecule has 6 nitrogen and oxygen atoms in total. The molecule has 1 aromatic carbocycles. The summed E-state index contributed by atoms with van der Waals surface area (Å²) < 4.78 is 11.0. The first-order chi connectivity index (χ1) is 9.26. The molecule has 0 spiro atoms. The van der Waals surface area contributed by atoms with E-state index in [4.69, 9.17) is 9.15 Å². The first-order valence-corrected chi connectivity index (χ1v) is 6.09. The molecule has 19 heavy (non-hydrogen) atoms. The molecule has 0 aliphatic rings. The number of fused-ring (bicyclic) bond motifs is 2. The van der Waals surface area contributed by atoms with Gasteiger partial charge in [0.15, 0.2) is 5.52 Å². The summed E-state index contributed by atoms with van der Waals surface area (Å²) in [5.41, 5.74) is 1.70. The fraction of sp³-hybridized carbons (Fsp3) is 0.308. The van der Waals surface area contributed by atoms with Crippen molar-refractivity contribution in [2.75, 3.05) is 7.11 Å². The third-order valence-electron chi connectivity index (χ3n) is 3.10. The summed E-state index contributed by atoms with van der Waals surface area (Å²) in [6, 6.07) is 3.70. The van der Waals surface area contributed by atoms with Crippen molar-refractivity contribution >= 4 is 22.2 Å². The van der Waals surface area contributed by atoms with Crippen LogP contribution < -0.4 is 10.2 Å². The second kappa shape index (κ2) is 4.38. The third-order valence-corrected chi connectivity index (χ3v) is 3.10. The van der Waals surface area contributed by atoms with Crippen molar-refractivity contribution in [1.82, 2.24) is 15.4 Å². The van der Waals surface area contributed by atoms with E-state index in [0.29, 0.717) is 16.7 Å². The van der Waals surface area contributed by atoms with Gasteiger partial charge >= 0.3 is 0 Å². The number of hydrogen-bond donors (Lipinski definition) is 1. The molecule has 2 aromatic heterocycles. The highest BCUT2D eigenvalue weighted by Gasteiger charge is 2.17. The van der Waals surface area contributed by atoms with Gasteiger partial charge in [-0.2, -0.15) is 5.21 Å². The van der Waals surface area contributed by atoms with Gasteiger partial charge in [0.05, 0.1) is 7.11 Å². The van der Waals surface area contributed by atoms with Crippen LogP contribution in [0.2, 0.25) is 0 Å². The van der Waals surface area contributed by atoms with Gasteiger partial charge in [-0.15, -0.1) is 10.2 Å². The maximum atomic E-state index is 12.4. The van der Waals surface area contributed by atoms with Crippen molar-refractivity contribution in [1.29, 1.82) is 0 Å². The number of aromatic amines is 1. The quantitative estimate of drug-likeness (QED) is 0.778. The molecule has 1 N–H and O–H groups in total. The second-order valence-corrected chi connectivity index (χ2v) is 4.29. The minimum atomic E-state index is -0.222. The molecule has 0 unspecified atom stereocenters. The smallest absolute Gasteiger partial charge is 0.270 e. The number of rotatable bonds is 3. The SMILES string of the molecule is CCCc1ccc(OC)c2c(=O)c3n[nH]nc3oc12. The lowest BCUT2D eigenvalue weighted by Crippen LogP contribution is -2.05. The monoisotopic (exact) mass is 259 g/mol. The molecular weight excluding hydrogens is 246 g/mol. The fourth-order valence-corrected chi connectivity index (χ4v) is 2.23. The van der Waals surface area contributed by atoms with E-state index in [1.165, 1.54) is 7.11 Å². The van der Waals surface area contributed by atoms with Crippen molar-refractivity contribution in [2.24, 2.45) is 0 Å². The van der Waals surface area contributed by atoms with Crippen molar-refractivity contribution in [3.63, 3.8) is 0 Å². The topological polar surface area (TPSA) is 81.0 Å². The zero-order valence-corrected chi connectivity index (χ0v) is 10.7. The van der Waals surface area contributed by atoms with Crippen molar-refractivity contribution in [3.05, 3.63) is 27.9 Å². The largest absolute Gasteiger partial charge is 0.496 e. The Balaban J connectivity index is 2.50. The van der Waals surface area contributed by atoms with Crippen molar-refractivity contribution in [3.8, 4) is 5.75 Å². The number of aromatic nitrogens is 3. The van der Waals surface area contributed by atoms with Crippen LogP contribution in [0.15, 0.2) is 21.3 Å². The Labute approximate surface area is 108 Å². The summed E-state index contributed by atoms with van der Waals surface area (Å²) in [4.78, 5) is 12.4. The molecule has 0 bridgehead atoms. The number of hydrogen-bond acceptors (Lipinski definition) is 5. The zero-order valence-electron chi connectivity index (χ0n) is 10.7. The summed E-state index contributed by atoms with van der Waals surface area (Å²) >= 11 is 0. The molecule has 2 heterocycles. The average molecular weight is 259 g/mol. The van der Waals surface area contributed by atoms with Crippen LogP contribution in [0.25, 0.3) is 22.2 Å². The van der Waals surface area contributed by atoms with E-state index < -0.39 is 0 Å². The van der Waals surface area contributed by atoms with Crippen molar-refractivity contribution < 1.29 is 9.15 Å². The van der Waals surface area contributed by atoms with Gasteiger partial charge in [0, 0.05) is 0 Å². The van der Waals surface area contributed by atoms with E-state index in [-0.39, 0.29) is 16.7 Å². The van der Waals surface area contributed by atoms with Gasteiger partial charge in [-0.3, -0.25) is 4.79 Å². The Morgan fingerprint density at radius 1 is 1.37 bits per heavy atom. The second-order valence-electron chi connectivity index (χ2n) is 4.29. The molecule has 98 valence electrons. The van der Waals surface area contributed by atoms with E-state index in [1.54, 1.807) is 6.07 Å². The molecule has 0 radical (unpaired) electrons.